The SMILES string of the molecule is COc1ccc(CNC(=O)[C@@H](C)OC(=O)COc2c(C)cc(C)cc2C)cc1. The second kappa shape index (κ2) is 9.78. The maximum atomic E-state index is 12.1. The van der Waals surface area contributed by atoms with Gasteiger partial charge in [-0.2, -0.15) is 0 Å². The number of benzene rings is 2. The Morgan fingerprint density at radius 1 is 1.04 bits per heavy atom. The molecule has 150 valence electrons. The molecule has 6 heteroatoms. The number of ether oxygens (including phenoxy) is 3. The molecule has 0 aliphatic heterocycles. The minimum Gasteiger partial charge on any atom is -0.497 e. The summed E-state index contributed by atoms with van der Waals surface area (Å²) in [5.41, 5.74) is 3.96. The molecule has 0 spiro atoms. The molecule has 2 aromatic carbocycles. The van der Waals surface area contributed by atoms with E-state index in [0.29, 0.717) is 12.3 Å². The molecular weight excluding hydrogens is 358 g/mol. The van der Waals surface area contributed by atoms with Crippen molar-refractivity contribution in [2.45, 2.75) is 40.3 Å². The van der Waals surface area contributed by atoms with Gasteiger partial charge in [0.15, 0.2) is 12.7 Å². The van der Waals surface area contributed by atoms with E-state index >= 15 is 0 Å². The molecular formula is C22H27NO5. The number of amides is 1. The van der Waals surface area contributed by atoms with Crippen LogP contribution in [0.15, 0.2) is 36.4 Å². The van der Waals surface area contributed by atoms with Crippen molar-refractivity contribution >= 4 is 11.9 Å². The number of methoxy groups -OCH3 is 1. The van der Waals surface area contributed by atoms with Crippen LogP contribution in [-0.4, -0.2) is 31.7 Å². The van der Waals surface area contributed by atoms with Gasteiger partial charge in [0, 0.05) is 6.54 Å². The van der Waals surface area contributed by atoms with Crippen molar-refractivity contribution in [3.63, 3.8) is 0 Å². The van der Waals surface area contributed by atoms with Crippen LogP contribution in [0.2, 0.25) is 0 Å². The lowest BCUT2D eigenvalue weighted by molar-refractivity contribution is -0.156. The van der Waals surface area contributed by atoms with Gasteiger partial charge >= 0.3 is 5.97 Å². The number of nitrogens with one attached hydrogen (secondary N) is 1. The third-order valence-electron chi connectivity index (χ3n) is 4.24. The maximum Gasteiger partial charge on any atom is 0.344 e. The zero-order valence-corrected chi connectivity index (χ0v) is 17.0. The minimum atomic E-state index is -0.908. The van der Waals surface area contributed by atoms with Crippen molar-refractivity contribution in [1.29, 1.82) is 0 Å². The number of carbonyl (C=O) groups is 2. The third-order valence-corrected chi connectivity index (χ3v) is 4.24. The summed E-state index contributed by atoms with van der Waals surface area (Å²) in [6, 6.07) is 11.3. The number of aryl methyl sites for hydroxylation is 3. The van der Waals surface area contributed by atoms with Crippen LogP contribution in [0.25, 0.3) is 0 Å². The Balaban J connectivity index is 1.80. The van der Waals surface area contributed by atoms with Gasteiger partial charge in [-0.25, -0.2) is 4.79 Å². The van der Waals surface area contributed by atoms with Crippen molar-refractivity contribution in [3.8, 4) is 11.5 Å². The van der Waals surface area contributed by atoms with Crippen LogP contribution >= 0.6 is 0 Å². The molecule has 0 aliphatic carbocycles. The van der Waals surface area contributed by atoms with Gasteiger partial charge in [0.2, 0.25) is 0 Å². The Morgan fingerprint density at radius 3 is 2.21 bits per heavy atom. The maximum absolute atomic E-state index is 12.1. The topological polar surface area (TPSA) is 73.9 Å². The Labute approximate surface area is 165 Å². The van der Waals surface area contributed by atoms with Crippen LogP contribution in [0.1, 0.15) is 29.2 Å². The molecule has 0 heterocycles. The molecule has 28 heavy (non-hydrogen) atoms. The van der Waals surface area contributed by atoms with Crippen molar-refractivity contribution in [3.05, 3.63) is 58.7 Å². The number of esters is 1. The van der Waals surface area contributed by atoms with Crippen LogP contribution in [0.3, 0.4) is 0 Å². The molecule has 1 atom stereocenters. The molecule has 1 amide bonds. The fourth-order valence-electron chi connectivity index (χ4n) is 2.89. The van der Waals surface area contributed by atoms with E-state index in [9.17, 15) is 9.59 Å². The summed E-state index contributed by atoms with van der Waals surface area (Å²) in [7, 11) is 1.60. The molecule has 0 aliphatic rings. The number of hydrogen-bond donors (Lipinski definition) is 1. The summed E-state index contributed by atoms with van der Waals surface area (Å²) >= 11 is 0. The van der Waals surface area contributed by atoms with Gasteiger partial charge in [0.05, 0.1) is 7.11 Å². The van der Waals surface area contributed by atoms with E-state index in [4.69, 9.17) is 14.2 Å². The normalized spacial score (nSPS) is 11.5. The lowest BCUT2D eigenvalue weighted by atomic mass is 10.1. The van der Waals surface area contributed by atoms with Crippen LogP contribution in [-0.2, 0) is 20.9 Å². The van der Waals surface area contributed by atoms with Crippen molar-refractivity contribution in [2.75, 3.05) is 13.7 Å². The van der Waals surface area contributed by atoms with E-state index in [1.165, 1.54) is 6.92 Å². The average Bonchev–Trinajstić information content (AvgIpc) is 2.65. The van der Waals surface area contributed by atoms with Gasteiger partial charge in [-0.1, -0.05) is 29.8 Å². The highest BCUT2D eigenvalue weighted by atomic mass is 16.6. The largest absolute Gasteiger partial charge is 0.497 e. The first-order chi connectivity index (χ1) is 13.3. The number of carbonyl (C=O) groups excluding carboxylic acids is 2. The first kappa shape index (κ1) is 21.3. The first-order valence-electron chi connectivity index (χ1n) is 9.11. The molecule has 0 unspecified atom stereocenters. The second-order valence-corrected chi connectivity index (χ2v) is 6.71. The summed E-state index contributed by atoms with van der Waals surface area (Å²) in [6.07, 6.45) is -0.908. The van der Waals surface area contributed by atoms with Crippen molar-refractivity contribution in [2.24, 2.45) is 0 Å². The monoisotopic (exact) mass is 385 g/mol. The van der Waals surface area contributed by atoms with Gasteiger partial charge in [0.25, 0.3) is 5.91 Å². The fourth-order valence-corrected chi connectivity index (χ4v) is 2.89. The molecule has 0 fully saturated rings. The molecule has 0 aromatic heterocycles. The molecule has 2 aromatic rings. The number of rotatable bonds is 8. The highest BCUT2D eigenvalue weighted by Crippen LogP contribution is 2.24. The Bertz CT molecular complexity index is 806. The smallest absolute Gasteiger partial charge is 0.344 e. The van der Waals surface area contributed by atoms with E-state index in [1.54, 1.807) is 7.11 Å². The summed E-state index contributed by atoms with van der Waals surface area (Å²) in [5, 5.41) is 2.74. The van der Waals surface area contributed by atoms with Crippen LogP contribution in [0.5, 0.6) is 11.5 Å². The highest BCUT2D eigenvalue weighted by Gasteiger charge is 2.18. The zero-order chi connectivity index (χ0) is 20.7. The lowest BCUT2D eigenvalue weighted by Gasteiger charge is -2.16. The Hall–Kier alpha value is -3.02. The molecule has 0 radical (unpaired) electrons. The minimum absolute atomic E-state index is 0.249. The summed E-state index contributed by atoms with van der Waals surface area (Å²) in [6.45, 7) is 7.48. The molecule has 2 rings (SSSR count). The van der Waals surface area contributed by atoms with E-state index in [-0.39, 0.29) is 12.5 Å². The van der Waals surface area contributed by atoms with Crippen LogP contribution < -0.4 is 14.8 Å². The highest BCUT2D eigenvalue weighted by molar-refractivity contribution is 5.83. The Kier molecular flexibility index (Phi) is 7.44. The van der Waals surface area contributed by atoms with Gasteiger partial charge in [-0.3, -0.25) is 4.79 Å². The van der Waals surface area contributed by atoms with Gasteiger partial charge in [0.1, 0.15) is 11.5 Å². The van der Waals surface area contributed by atoms with Gasteiger partial charge in [-0.05, 0) is 56.5 Å². The van der Waals surface area contributed by atoms with E-state index in [1.807, 2.05) is 57.2 Å². The lowest BCUT2D eigenvalue weighted by Crippen LogP contribution is -2.36. The van der Waals surface area contributed by atoms with Gasteiger partial charge in [-0.15, -0.1) is 0 Å². The summed E-state index contributed by atoms with van der Waals surface area (Å²) < 4.78 is 15.9. The quantitative estimate of drug-likeness (QED) is 0.706. The zero-order valence-electron chi connectivity index (χ0n) is 17.0. The summed E-state index contributed by atoms with van der Waals surface area (Å²) in [5.74, 6) is 0.453. The molecule has 0 saturated heterocycles. The van der Waals surface area contributed by atoms with Crippen LogP contribution in [0.4, 0.5) is 0 Å². The predicted molar refractivity (Wildman–Crippen MR) is 107 cm³/mol. The number of hydrogen-bond acceptors (Lipinski definition) is 5. The second-order valence-electron chi connectivity index (χ2n) is 6.71. The standard InChI is InChI=1S/C22H27NO5/c1-14-10-15(2)21(16(3)11-14)27-13-20(24)28-17(4)22(25)23-12-18-6-8-19(26-5)9-7-18/h6-11,17H,12-13H2,1-5H3,(H,23,25)/t17-/m1/s1. The van der Waals surface area contributed by atoms with Gasteiger partial charge < -0.3 is 19.5 Å². The van der Waals surface area contributed by atoms with Crippen molar-refractivity contribution in [1.82, 2.24) is 5.32 Å². The van der Waals surface area contributed by atoms with E-state index < -0.39 is 12.1 Å². The fraction of sp³-hybridized carbons (Fsp3) is 0.364. The average molecular weight is 385 g/mol. The van der Waals surface area contributed by atoms with E-state index in [0.717, 1.165) is 28.0 Å². The van der Waals surface area contributed by atoms with Crippen LogP contribution in [0, 0.1) is 20.8 Å². The predicted octanol–water partition coefficient (Wildman–Crippen LogP) is 3.25. The third kappa shape index (κ3) is 6.01. The van der Waals surface area contributed by atoms with E-state index in [2.05, 4.69) is 5.32 Å². The van der Waals surface area contributed by atoms with Crippen molar-refractivity contribution < 1.29 is 23.8 Å². The molecule has 1 N–H and O–H groups in total. The molecule has 0 saturated carbocycles. The Morgan fingerprint density at radius 2 is 1.64 bits per heavy atom. The molecule has 6 nitrogen and oxygen atoms in total. The molecule has 0 bridgehead atoms. The summed E-state index contributed by atoms with van der Waals surface area (Å²) in [4.78, 5) is 24.2. The first-order valence-corrected chi connectivity index (χ1v) is 9.11.